The quantitative estimate of drug-likeness (QED) is 0.562. The molecule has 0 aliphatic heterocycles. The summed E-state index contributed by atoms with van der Waals surface area (Å²) < 4.78 is 0. The summed E-state index contributed by atoms with van der Waals surface area (Å²) >= 11 is 0. The van der Waals surface area contributed by atoms with E-state index in [0.717, 1.165) is 23.3 Å². The van der Waals surface area contributed by atoms with Gasteiger partial charge < -0.3 is 20.6 Å². The number of phenolic OH excluding ortho intramolecular Hbond substituents is 3. The van der Waals surface area contributed by atoms with E-state index in [0.29, 0.717) is 11.1 Å². The van der Waals surface area contributed by atoms with Crippen molar-refractivity contribution in [2.24, 2.45) is 17.8 Å². The van der Waals surface area contributed by atoms with E-state index in [1.807, 2.05) is 6.07 Å². The first-order valence-electron chi connectivity index (χ1n) is 11.0. The third-order valence-electron chi connectivity index (χ3n) is 7.69. The second-order valence-electron chi connectivity index (χ2n) is 9.89. The molecule has 5 nitrogen and oxygen atoms in total. The van der Waals surface area contributed by atoms with Crippen LogP contribution < -0.4 is 5.32 Å². The van der Waals surface area contributed by atoms with Crippen molar-refractivity contribution in [3.63, 3.8) is 0 Å². The van der Waals surface area contributed by atoms with Crippen LogP contribution >= 0.6 is 0 Å². The molecule has 4 fully saturated rings. The van der Waals surface area contributed by atoms with Gasteiger partial charge in [-0.2, -0.15) is 0 Å². The SMILES string of the molecule is Cc1cc(O)c(C(=O)NCc2ccc(O)c(O)c2)cc1C12CC3CC(CC(C3)C1)C2. The van der Waals surface area contributed by atoms with Gasteiger partial charge in [0.2, 0.25) is 0 Å². The number of hydrogen-bond acceptors (Lipinski definition) is 4. The number of benzene rings is 2. The van der Waals surface area contributed by atoms with Gasteiger partial charge in [-0.3, -0.25) is 4.79 Å². The molecule has 0 aromatic heterocycles. The average Bonchev–Trinajstić information content (AvgIpc) is 2.67. The fraction of sp³-hybridized carbons (Fsp3) is 0.480. The molecule has 4 aliphatic carbocycles. The summed E-state index contributed by atoms with van der Waals surface area (Å²) in [6.45, 7) is 2.25. The minimum absolute atomic E-state index is 0.00651. The second kappa shape index (κ2) is 6.93. The molecule has 4 N–H and O–H groups in total. The highest BCUT2D eigenvalue weighted by molar-refractivity contribution is 5.97. The van der Waals surface area contributed by atoms with Crippen molar-refractivity contribution in [2.75, 3.05) is 0 Å². The van der Waals surface area contributed by atoms with Crippen LogP contribution in [0.25, 0.3) is 0 Å². The van der Waals surface area contributed by atoms with Crippen LogP contribution in [0.15, 0.2) is 30.3 Å². The Balaban J connectivity index is 1.41. The molecular weight excluding hydrogens is 378 g/mol. The van der Waals surface area contributed by atoms with Crippen LogP contribution in [0.1, 0.15) is 65.6 Å². The Labute approximate surface area is 176 Å². The third kappa shape index (κ3) is 3.21. The first-order valence-corrected chi connectivity index (χ1v) is 11.0. The summed E-state index contributed by atoms with van der Waals surface area (Å²) in [6.07, 6.45) is 7.71. The molecule has 0 saturated heterocycles. The van der Waals surface area contributed by atoms with Gasteiger partial charge in [0.25, 0.3) is 5.91 Å². The maximum absolute atomic E-state index is 12.9. The number of carbonyl (C=O) groups is 1. The van der Waals surface area contributed by atoms with Crippen molar-refractivity contribution in [2.45, 2.75) is 57.4 Å². The molecule has 0 unspecified atom stereocenters. The molecule has 30 heavy (non-hydrogen) atoms. The molecule has 0 spiro atoms. The number of hydrogen-bond donors (Lipinski definition) is 4. The lowest BCUT2D eigenvalue weighted by Gasteiger charge is -2.57. The fourth-order valence-corrected chi connectivity index (χ4v) is 6.84. The molecule has 1 amide bonds. The number of nitrogens with one attached hydrogen (secondary N) is 1. The summed E-state index contributed by atoms with van der Waals surface area (Å²) in [6, 6.07) is 8.14. The monoisotopic (exact) mass is 407 g/mol. The molecule has 2 aromatic carbocycles. The molecule has 2 aromatic rings. The number of carbonyl (C=O) groups excluding carboxylic acids is 1. The Hall–Kier alpha value is -2.69. The molecule has 0 atom stereocenters. The van der Waals surface area contributed by atoms with Gasteiger partial charge in [0, 0.05) is 6.54 Å². The minimum Gasteiger partial charge on any atom is -0.507 e. The number of phenols is 3. The van der Waals surface area contributed by atoms with Gasteiger partial charge in [0.05, 0.1) is 5.56 Å². The van der Waals surface area contributed by atoms with Crippen molar-refractivity contribution in [3.8, 4) is 17.2 Å². The molecule has 0 radical (unpaired) electrons. The maximum Gasteiger partial charge on any atom is 0.255 e. The molecule has 6 rings (SSSR count). The first kappa shape index (κ1) is 19.3. The largest absolute Gasteiger partial charge is 0.507 e. The van der Waals surface area contributed by atoms with E-state index in [1.165, 1.54) is 56.2 Å². The highest BCUT2D eigenvalue weighted by atomic mass is 16.3. The Morgan fingerprint density at radius 1 is 0.933 bits per heavy atom. The van der Waals surface area contributed by atoms with E-state index in [2.05, 4.69) is 12.2 Å². The normalized spacial score (nSPS) is 29.2. The fourth-order valence-electron chi connectivity index (χ4n) is 6.84. The van der Waals surface area contributed by atoms with Crippen LogP contribution in [0.5, 0.6) is 17.2 Å². The van der Waals surface area contributed by atoms with Crippen LogP contribution in [0.2, 0.25) is 0 Å². The smallest absolute Gasteiger partial charge is 0.255 e. The van der Waals surface area contributed by atoms with Gasteiger partial charge >= 0.3 is 0 Å². The van der Waals surface area contributed by atoms with Crippen LogP contribution in [-0.2, 0) is 12.0 Å². The van der Waals surface area contributed by atoms with Crippen molar-refractivity contribution in [1.29, 1.82) is 0 Å². The van der Waals surface area contributed by atoms with Crippen LogP contribution in [0.4, 0.5) is 0 Å². The summed E-state index contributed by atoms with van der Waals surface area (Å²) in [7, 11) is 0. The number of aryl methyl sites for hydroxylation is 1. The predicted molar refractivity (Wildman–Crippen MR) is 114 cm³/mol. The van der Waals surface area contributed by atoms with E-state index >= 15 is 0 Å². The lowest BCUT2D eigenvalue weighted by Crippen LogP contribution is -2.48. The Kier molecular flexibility index (Phi) is 4.46. The molecule has 4 aliphatic rings. The highest BCUT2D eigenvalue weighted by Gasteiger charge is 2.52. The van der Waals surface area contributed by atoms with Crippen LogP contribution in [0.3, 0.4) is 0 Å². The van der Waals surface area contributed by atoms with Gasteiger partial charge in [0.1, 0.15) is 5.75 Å². The van der Waals surface area contributed by atoms with Crippen molar-refractivity contribution in [3.05, 3.63) is 52.6 Å². The zero-order valence-electron chi connectivity index (χ0n) is 17.3. The lowest BCUT2D eigenvalue weighted by atomic mass is 9.47. The van der Waals surface area contributed by atoms with Gasteiger partial charge in [-0.25, -0.2) is 0 Å². The van der Waals surface area contributed by atoms with Gasteiger partial charge in [-0.15, -0.1) is 0 Å². The van der Waals surface area contributed by atoms with Gasteiger partial charge in [0.15, 0.2) is 11.5 Å². The average molecular weight is 408 g/mol. The number of aromatic hydroxyl groups is 3. The number of rotatable bonds is 4. The van der Waals surface area contributed by atoms with Crippen molar-refractivity contribution < 1.29 is 20.1 Å². The van der Waals surface area contributed by atoms with Crippen LogP contribution in [-0.4, -0.2) is 21.2 Å². The summed E-state index contributed by atoms with van der Waals surface area (Å²) in [4.78, 5) is 12.9. The molecule has 4 saturated carbocycles. The van der Waals surface area contributed by atoms with E-state index in [4.69, 9.17) is 0 Å². The second-order valence-corrected chi connectivity index (χ2v) is 9.89. The van der Waals surface area contributed by atoms with Gasteiger partial charge in [-0.1, -0.05) is 6.07 Å². The first-order chi connectivity index (χ1) is 14.3. The van der Waals surface area contributed by atoms with Crippen molar-refractivity contribution in [1.82, 2.24) is 5.32 Å². The van der Waals surface area contributed by atoms with Crippen molar-refractivity contribution >= 4 is 5.91 Å². The Morgan fingerprint density at radius 2 is 1.57 bits per heavy atom. The molecule has 5 heteroatoms. The standard InChI is InChI=1S/C25H29NO4/c1-14-4-22(28)19(24(30)26-13-15-2-3-21(27)23(29)8-15)9-20(14)25-10-16-5-17(11-25)7-18(6-16)12-25/h2-4,8-9,16-18,27-29H,5-7,10-13H2,1H3,(H,26,30). The maximum atomic E-state index is 12.9. The zero-order valence-corrected chi connectivity index (χ0v) is 17.3. The van der Waals surface area contributed by atoms with E-state index in [9.17, 15) is 20.1 Å². The van der Waals surface area contributed by atoms with Crippen LogP contribution in [0, 0.1) is 24.7 Å². The van der Waals surface area contributed by atoms with Gasteiger partial charge in [-0.05, 0) is 110 Å². The zero-order chi connectivity index (χ0) is 21.0. The lowest BCUT2D eigenvalue weighted by molar-refractivity contribution is -0.00549. The summed E-state index contributed by atoms with van der Waals surface area (Å²) in [5.41, 5.74) is 3.46. The minimum atomic E-state index is -0.328. The molecule has 158 valence electrons. The highest BCUT2D eigenvalue weighted by Crippen LogP contribution is 2.61. The molecule has 4 bridgehead atoms. The predicted octanol–water partition coefficient (Wildman–Crippen LogP) is 4.51. The number of amides is 1. The Bertz CT molecular complexity index is 977. The van der Waals surface area contributed by atoms with E-state index < -0.39 is 0 Å². The topological polar surface area (TPSA) is 89.8 Å². The molecular formula is C25H29NO4. The van der Waals surface area contributed by atoms with E-state index in [1.54, 1.807) is 12.1 Å². The Morgan fingerprint density at radius 3 is 2.17 bits per heavy atom. The molecule has 0 heterocycles. The summed E-state index contributed by atoms with van der Waals surface area (Å²) in [5.74, 6) is 1.69. The van der Waals surface area contributed by atoms with E-state index in [-0.39, 0.29) is 35.1 Å². The summed E-state index contributed by atoms with van der Waals surface area (Å²) in [5, 5.41) is 32.4. The third-order valence-corrected chi connectivity index (χ3v) is 7.69.